The molecule has 0 aliphatic heterocycles. The Balaban J connectivity index is 1.30. The average molecular weight is 1130 g/mol. The highest BCUT2D eigenvalue weighted by molar-refractivity contribution is 6.14. The molecular formula is C70H30F6N10. The molecule has 0 saturated heterocycles. The largest absolute Gasteiger partial charge is 0.417 e. The van der Waals surface area contributed by atoms with Gasteiger partial charge in [0.05, 0.1) is 138 Å². The van der Waals surface area contributed by atoms with Crippen molar-refractivity contribution in [2.45, 2.75) is 12.4 Å². The van der Waals surface area contributed by atoms with Crippen molar-refractivity contribution in [1.29, 1.82) is 42.1 Å². The van der Waals surface area contributed by atoms with Gasteiger partial charge < -0.3 is 9.13 Å². The van der Waals surface area contributed by atoms with Crippen molar-refractivity contribution in [2.75, 3.05) is 0 Å². The van der Waals surface area contributed by atoms with Gasteiger partial charge in [-0.05, 0) is 177 Å². The zero-order valence-corrected chi connectivity index (χ0v) is 44.1. The Labute approximate surface area is 484 Å². The molecule has 10 aromatic carbocycles. The second-order valence-electron chi connectivity index (χ2n) is 20.2. The Morgan fingerprint density at radius 1 is 0.267 bits per heavy atom. The molecule has 0 saturated carbocycles. The van der Waals surface area contributed by atoms with Gasteiger partial charge in [0.25, 0.3) is 0 Å². The first-order valence-corrected chi connectivity index (χ1v) is 25.9. The van der Waals surface area contributed by atoms with E-state index in [2.05, 4.69) is 48.6 Å². The van der Waals surface area contributed by atoms with Gasteiger partial charge in [-0.15, -0.1) is 0 Å². The van der Waals surface area contributed by atoms with Crippen molar-refractivity contribution in [2.24, 2.45) is 0 Å². The zero-order chi connectivity index (χ0) is 60.3. The third-order valence-electron chi connectivity index (χ3n) is 15.0. The van der Waals surface area contributed by atoms with Gasteiger partial charge in [-0.3, -0.25) is 0 Å². The lowest BCUT2D eigenvalue weighted by Gasteiger charge is -2.23. The van der Waals surface area contributed by atoms with Crippen molar-refractivity contribution in [3.63, 3.8) is 0 Å². The molecule has 0 atom stereocenters. The maximum absolute atomic E-state index is 16.4. The lowest BCUT2D eigenvalue weighted by Crippen LogP contribution is -2.12. The molecule has 10 nitrogen and oxygen atoms in total. The highest BCUT2D eigenvalue weighted by atomic mass is 19.4. The molecule has 402 valence electrons. The number of fused-ring (bicyclic) bond motifs is 6. The standard InChI is InChI=1S/C70H30F6N10/c71-69(72,73)56-3-1-2-51(24-56)61-29-67(85-63-25-47(52-16-39(31-77)12-40(17-52)32-78)4-8-57(63)58-9-5-48(26-64(58)85)53-18-41(33-79)13-42(19-53)34-80)68(30-62(61)70(74,75)76)86-65-27-49(54-20-43(35-81)14-44(21-54)36-82)6-10-59(65)60-11-7-50(28-66(60)86)55-22-45(37-83)15-46(23-55)38-84/h1-30H. The quantitative estimate of drug-likeness (QED) is 0.140. The van der Waals surface area contributed by atoms with Crippen LogP contribution in [0.5, 0.6) is 0 Å². The molecule has 0 amide bonds. The van der Waals surface area contributed by atoms with Crippen LogP contribution in [0.3, 0.4) is 0 Å². The van der Waals surface area contributed by atoms with Gasteiger partial charge in [0.15, 0.2) is 0 Å². The van der Waals surface area contributed by atoms with Gasteiger partial charge in [0.1, 0.15) is 0 Å². The van der Waals surface area contributed by atoms with Crippen LogP contribution < -0.4 is 0 Å². The van der Waals surface area contributed by atoms with E-state index in [9.17, 15) is 55.3 Å². The van der Waals surface area contributed by atoms with E-state index in [0.29, 0.717) is 83.2 Å². The Hall–Kier alpha value is -12.7. The maximum atomic E-state index is 16.4. The average Bonchev–Trinajstić information content (AvgIpc) is 1.62. The maximum Gasteiger partial charge on any atom is 0.417 e. The summed E-state index contributed by atoms with van der Waals surface area (Å²) < 4.78 is 96.6. The molecule has 0 bridgehead atoms. The molecule has 86 heavy (non-hydrogen) atoms. The third kappa shape index (κ3) is 9.43. The lowest BCUT2D eigenvalue weighted by atomic mass is 9.95. The monoisotopic (exact) mass is 1120 g/mol. The van der Waals surface area contributed by atoms with E-state index < -0.39 is 34.6 Å². The molecular weight excluding hydrogens is 1090 g/mol. The molecule has 0 fully saturated rings. The summed E-state index contributed by atoms with van der Waals surface area (Å²) in [7, 11) is 0. The number of aromatic nitrogens is 2. The topological polar surface area (TPSA) is 200 Å². The smallest absolute Gasteiger partial charge is 0.307 e. The Bertz CT molecular complexity index is 4940. The van der Waals surface area contributed by atoms with Crippen LogP contribution in [-0.2, 0) is 12.4 Å². The van der Waals surface area contributed by atoms with Gasteiger partial charge in [0.2, 0.25) is 0 Å². The highest BCUT2D eigenvalue weighted by Gasteiger charge is 2.37. The minimum absolute atomic E-state index is 0.0159. The van der Waals surface area contributed by atoms with Crippen LogP contribution in [0.4, 0.5) is 26.3 Å². The summed E-state index contributed by atoms with van der Waals surface area (Å²) in [6.45, 7) is 0. The van der Waals surface area contributed by atoms with Crippen LogP contribution in [0.25, 0.3) is 111 Å². The van der Waals surface area contributed by atoms with E-state index >= 15 is 13.2 Å². The summed E-state index contributed by atoms with van der Waals surface area (Å²) in [6, 6.07) is 61.3. The van der Waals surface area contributed by atoms with Gasteiger partial charge in [0, 0.05) is 21.5 Å². The third-order valence-corrected chi connectivity index (χ3v) is 15.0. The predicted octanol–water partition coefficient (Wildman–Crippen LogP) is 17.2. The van der Waals surface area contributed by atoms with E-state index in [0.717, 1.165) is 24.3 Å². The van der Waals surface area contributed by atoms with Crippen LogP contribution >= 0.6 is 0 Å². The second kappa shape index (κ2) is 20.7. The highest BCUT2D eigenvalue weighted by Crippen LogP contribution is 2.48. The Kier molecular flexibility index (Phi) is 13.0. The number of halogens is 6. The molecule has 0 N–H and O–H groups in total. The summed E-state index contributed by atoms with van der Waals surface area (Å²) in [5, 5.41) is 82.6. The summed E-state index contributed by atoms with van der Waals surface area (Å²) in [4.78, 5) is 0. The molecule has 12 rings (SSSR count). The molecule has 0 aliphatic rings. The van der Waals surface area contributed by atoms with Crippen molar-refractivity contribution in [3.8, 4) is 116 Å². The summed E-state index contributed by atoms with van der Waals surface area (Å²) >= 11 is 0. The Morgan fingerprint density at radius 2 is 0.558 bits per heavy atom. The van der Waals surface area contributed by atoms with Crippen molar-refractivity contribution < 1.29 is 26.3 Å². The van der Waals surface area contributed by atoms with Gasteiger partial charge in [-0.2, -0.15) is 68.4 Å². The van der Waals surface area contributed by atoms with Crippen LogP contribution in [-0.4, -0.2) is 9.13 Å². The van der Waals surface area contributed by atoms with E-state index in [1.54, 1.807) is 130 Å². The molecule has 2 aromatic heterocycles. The summed E-state index contributed by atoms with van der Waals surface area (Å²) in [6.07, 6.45) is -10.2. The lowest BCUT2D eigenvalue weighted by molar-refractivity contribution is -0.137. The number of nitrogens with zero attached hydrogens (tertiary/aromatic N) is 10. The number of hydrogen-bond donors (Lipinski definition) is 0. The number of hydrogen-bond acceptors (Lipinski definition) is 8. The van der Waals surface area contributed by atoms with Crippen LogP contribution in [0.2, 0.25) is 0 Å². The molecule has 0 unspecified atom stereocenters. The minimum Gasteiger partial charge on any atom is -0.307 e. The van der Waals surface area contributed by atoms with Gasteiger partial charge in [-0.25, -0.2) is 0 Å². The fourth-order valence-corrected chi connectivity index (χ4v) is 11.2. The zero-order valence-electron chi connectivity index (χ0n) is 44.1. The number of rotatable bonds is 7. The minimum atomic E-state index is -5.25. The normalized spacial score (nSPS) is 11.3. The molecule has 16 heteroatoms. The molecule has 0 aliphatic carbocycles. The first-order valence-electron chi connectivity index (χ1n) is 25.9. The van der Waals surface area contributed by atoms with Crippen molar-refractivity contribution in [3.05, 3.63) is 238 Å². The first kappa shape index (κ1) is 53.9. The fourth-order valence-electron chi connectivity index (χ4n) is 11.2. The molecule has 0 spiro atoms. The van der Waals surface area contributed by atoms with Crippen molar-refractivity contribution in [1.82, 2.24) is 9.13 Å². The van der Waals surface area contributed by atoms with E-state index in [-0.39, 0.29) is 66.9 Å². The summed E-state index contributed by atoms with van der Waals surface area (Å²) in [5.41, 5.74) is 2.20. The SMILES string of the molecule is N#Cc1cc(C#N)cc(-c2ccc3c4ccc(-c5cc(C#N)cc(C#N)c5)cc4n(-c4cc(-c5cccc(C(F)(F)F)c5)c(C(F)(F)F)cc4-n4c5cc(-c6cc(C#N)cc(C#N)c6)ccc5c5ccc(-c6cc(C#N)cc(C#N)c6)cc54)c3c2)c1. The number of nitriles is 8. The second-order valence-corrected chi connectivity index (χ2v) is 20.2. The van der Waals surface area contributed by atoms with Crippen LogP contribution in [0.1, 0.15) is 55.6 Å². The first-order chi connectivity index (χ1) is 41.4. The number of benzene rings is 10. The van der Waals surface area contributed by atoms with E-state index in [4.69, 9.17) is 0 Å². The molecule has 2 heterocycles. The van der Waals surface area contributed by atoms with Gasteiger partial charge in [-0.1, -0.05) is 60.7 Å². The fraction of sp³-hybridized carbons (Fsp3) is 0.0286. The van der Waals surface area contributed by atoms with Crippen molar-refractivity contribution >= 4 is 43.6 Å². The van der Waals surface area contributed by atoms with Crippen LogP contribution in [0, 0.1) is 90.6 Å². The molecule has 12 aromatic rings. The van der Waals surface area contributed by atoms with E-state index in [1.165, 1.54) is 30.3 Å². The molecule has 0 radical (unpaired) electrons. The van der Waals surface area contributed by atoms with E-state index in [1.807, 2.05) is 0 Å². The summed E-state index contributed by atoms with van der Waals surface area (Å²) in [5.74, 6) is 0. The van der Waals surface area contributed by atoms with Crippen LogP contribution in [0.15, 0.2) is 182 Å². The number of alkyl halides is 6. The van der Waals surface area contributed by atoms with Gasteiger partial charge >= 0.3 is 12.4 Å². The predicted molar refractivity (Wildman–Crippen MR) is 310 cm³/mol. The Morgan fingerprint density at radius 3 is 0.826 bits per heavy atom.